The number of amides is 2. The maximum atomic E-state index is 13.5. The van der Waals surface area contributed by atoms with Gasteiger partial charge in [-0.25, -0.2) is 13.2 Å². The molecule has 0 radical (unpaired) electrons. The van der Waals surface area contributed by atoms with E-state index in [4.69, 9.17) is 5.53 Å². The molecule has 1 aliphatic heterocycles. The first kappa shape index (κ1) is 25.5. The smallest absolute Gasteiger partial charge is 0.326 e. The molecular formula is C22H29N5O6S. The lowest BCUT2D eigenvalue weighted by atomic mass is 9.84. The molecule has 12 heteroatoms. The number of carbonyl (C=O) groups is 3. The minimum absolute atomic E-state index is 0.0161. The van der Waals surface area contributed by atoms with Gasteiger partial charge in [-0.3, -0.25) is 9.59 Å². The van der Waals surface area contributed by atoms with Crippen LogP contribution >= 0.6 is 0 Å². The van der Waals surface area contributed by atoms with E-state index < -0.39 is 45.7 Å². The number of hydrogen-bond donors (Lipinski definition) is 2. The van der Waals surface area contributed by atoms with Gasteiger partial charge < -0.3 is 15.3 Å². The molecular weight excluding hydrogens is 462 g/mol. The summed E-state index contributed by atoms with van der Waals surface area (Å²) in [5.41, 5.74) is 8.92. The number of carboxylic acids is 1. The van der Waals surface area contributed by atoms with Crippen LogP contribution in [0.25, 0.3) is 10.4 Å². The molecule has 2 N–H and O–H groups in total. The molecule has 1 saturated carbocycles. The van der Waals surface area contributed by atoms with Crippen molar-refractivity contribution >= 4 is 27.6 Å². The molecule has 2 aliphatic rings. The van der Waals surface area contributed by atoms with Gasteiger partial charge in [0.2, 0.25) is 5.91 Å². The Labute approximate surface area is 198 Å². The first-order valence-corrected chi connectivity index (χ1v) is 13.2. The topological polar surface area (TPSA) is 170 Å². The lowest BCUT2D eigenvalue weighted by Crippen LogP contribution is -2.52. The van der Waals surface area contributed by atoms with Gasteiger partial charge in [-0.15, -0.1) is 0 Å². The first-order valence-electron chi connectivity index (χ1n) is 11.3. The highest BCUT2D eigenvalue weighted by molar-refractivity contribution is 7.90. The van der Waals surface area contributed by atoms with Crippen LogP contribution in [0.5, 0.6) is 0 Å². The highest BCUT2D eigenvalue weighted by Crippen LogP contribution is 2.29. The van der Waals surface area contributed by atoms with Gasteiger partial charge in [-0.05, 0) is 48.6 Å². The third-order valence-corrected chi connectivity index (χ3v) is 7.63. The van der Waals surface area contributed by atoms with Crippen molar-refractivity contribution in [1.82, 2.24) is 10.2 Å². The lowest BCUT2D eigenvalue weighted by Gasteiger charge is -2.31. The zero-order chi connectivity index (χ0) is 24.9. The van der Waals surface area contributed by atoms with Crippen LogP contribution in [0.1, 0.15) is 55.3 Å². The highest BCUT2D eigenvalue weighted by Gasteiger charge is 2.42. The van der Waals surface area contributed by atoms with Crippen LogP contribution in [0.15, 0.2) is 34.3 Å². The minimum Gasteiger partial charge on any atom is -0.480 e. The van der Waals surface area contributed by atoms with Crippen LogP contribution < -0.4 is 5.32 Å². The van der Waals surface area contributed by atoms with Crippen molar-refractivity contribution in [3.8, 4) is 0 Å². The number of aliphatic carboxylic acids is 1. The van der Waals surface area contributed by atoms with Crippen molar-refractivity contribution in [1.29, 1.82) is 0 Å². The van der Waals surface area contributed by atoms with E-state index in [1.807, 2.05) is 0 Å². The van der Waals surface area contributed by atoms with Gasteiger partial charge in [0.15, 0.2) is 9.84 Å². The SMILES string of the molecule is CS(=O)(=O)c1ccc(C(=O)NC(CC2CCCCC2)C(=O)N2C[C@@H](N=[N+]=[N-])C[C@H]2C(=O)O)cc1. The van der Waals surface area contributed by atoms with Crippen LogP contribution in [0.4, 0.5) is 0 Å². The summed E-state index contributed by atoms with van der Waals surface area (Å²) in [6.45, 7) is -0.0278. The second kappa shape index (κ2) is 10.9. The van der Waals surface area contributed by atoms with Gasteiger partial charge in [0.05, 0.1) is 10.9 Å². The summed E-state index contributed by atoms with van der Waals surface area (Å²) in [6.07, 6.45) is 6.50. The number of hydrogen-bond acceptors (Lipinski definition) is 6. The zero-order valence-corrected chi connectivity index (χ0v) is 19.8. The summed E-state index contributed by atoms with van der Waals surface area (Å²) in [4.78, 5) is 42.2. The molecule has 1 aliphatic carbocycles. The Morgan fingerprint density at radius 1 is 1.21 bits per heavy atom. The molecule has 184 valence electrons. The van der Waals surface area contributed by atoms with Gasteiger partial charge >= 0.3 is 5.97 Å². The second-order valence-electron chi connectivity index (χ2n) is 9.00. The highest BCUT2D eigenvalue weighted by atomic mass is 32.2. The van der Waals surface area contributed by atoms with Gasteiger partial charge in [0, 0.05) is 23.3 Å². The van der Waals surface area contributed by atoms with E-state index in [9.17, 15) is 27.9 Å². The molecule has 3 rings (SSSR count). The molecule has 34 heavy (non-hydrogen) atoms. The Bertz CT molecular complexity index is 1080. The molecule has 0 bridgehead atoms. The number of sulfone groups is 1. The van der Waals surface area contributed by atoms with Gasteiger partial charge in [0.1, 0.15) is 12.1 Å². The zero-order valence-electron chi connectivity index (χ0n) is 19.0. The Morgan fingerprint density at radius 2 is 1.85 bits per heavy atom. The van der Waals surface area contributed by atoms with E-state index in [-0.39, 0.29) is 29.3 Å². The number of carbonyl (C=O) groups excluding carboxylic acids is 2. The fourth-order valence-corrected chi connectivity index (χ4v) is 5.35. The third kappa shape index (κ3) is 6.27. The lowest BCUT2D eigenvalue weighted by molar-refractivity contribution is -0.149. The average Bonchev–Trinajstić information content (AvgIpc) is 3.23. The van der Waals surface area contributed by atoms with Crippen molar-refractivity contribution in [3.63, 3.8) is 0 Å². The van der Waals surface area contributed by atoms with Crippen molar-refractivity contribution in [2.75, 3.05) is 12.8 Å². The molecule has 0 spiro atoms. The summed E-state index contributed by atoms with van der Waals surface area (Å²) in [7, 11) is -3.42. The van der Waals surface area contributed by atoms with E-state index in [2.05, 4.69) is 15.3 Å². The molecule has 1 heterocycles. The molecule has 2 fully saturated rings. The monoisotopic (exact) mass is 491 g/mol. The number of nitrogens with zero attached hydrogens (tertiary/aromatic N) is 4. The van der Waals surface area contributed by atoms with Gasteiger partial charge in [-0.1, -0.05) is 37.2 Å². The van der Waals surface area contributed by atoms with E-state index in [0.29, 0.717) is 6.42 Å². The molecule has 1 aromatic carbocycles. The van der Waals surface area contributed by atoms with Crippen molar-refractivity contribution in [2.24, 2.45) is 11.0 Å². The van der Waals surface area contributed by atoms with E-state index in [1.165, 1.54) is 29.2 Å². The number of likely N-dealkylation sites (tertiary alicyclic amines) is 1. The van der Waals surface area contributed by atoms with Gasteiger partial charge in [0.25, 0.3) is 5.91 Å². The number of nitrogens with one attached hydrogen (secondary N) is 1. The summed E-state index contributed by atoms with van der Waals surface area (Å²) in [6, 6.07) is 2.67. The molecule has 3 atom stereocenters. The fourth-order valence-electron chi connectivity index (χ4n) is 4.72. The molecule has 0 aromatic heterocycles. The number of benzene rings is 1. The van der Waals surface area contributed by atoms with Crippen LogP contribution in [-0.2, 0) is 19.4 Å². The fraction of sp³-hybridized carbons (Fsp3) is 0.591. The number of rotatable bonds is 8. The van der Waals surface area contributed by atoms with Crippen molar-refractivity contribution < 1.29 is 27.9 Å². The largest absolute Gasteiger partial charge is 0.480 e. The minimum atomic E-state index is -3.42. The predicted molar refractivity (Wildman–Crippen MR) is 123 cm³/mol. The summed E-state index contributed by atoms with van der Waals surface area (Å²) in [5.74, 6) is -2.04. The molecule has 1 saturated heterocycles. The van der Waals surface area contributed by atoms with Crippen molar-refractivity contribution in [3.05, 3.63) is 40.3 Å². The van der Waals surface area contributed by atoms with Crippen LogP contribution in [-0.4, -0.2) is 67.1 Å². The summed E-state index contributed by atoms with van der Waals surface area (Å²) < 4.78 is 23.4. The van der Waals surface area contributed by atoms with E-state index in [0.717, 1.165) is 38.4 Å². The Kier molecular flexibility index (Phi) is 8.16. The van der Waals surface area contributed by atoms with Crippen molar-refractivity contribution in [2.45, 2.75) is 68.0 Å². The quantitative estimate of drug-likeness (QED) is 0.321. The molecule has 11 nitrogen and oxygen atoms in total. The Balaban J connectivity index is 1.82. The van der Waals surface area contributed by atoms with Crippen LogP contribution in [0.2, 0.25) is 0 Å². The average molecular weight is 492 g/mol. The normalized spacial score (nSPS) is 22.0. The van der Waals surface area contributed by atoms with Gasteiger partial charge in [-0.2, -0.15) is 0 Å². The molecule has 1 aromatic rings. The van der Waals surface area contributed by atoms with E-state index >= 15 is 0 Å². The molecule has 1 unspecified atom stereocenters. The Hall–Kier alpha value is -3.11. The van der Waals surface area contributed by atoms with E-state index in [1.54, 1.807) is 0 Å². The van der Waals surface area contributed by atoms with Crippen LogP contribution in [0, 0.1) is 5.92 Å². The third-order valence-electron chi connectivity index (χ3n) is 6.50. The standard InChI is InChI=1S/C22H29N5O6S/c1-34(32,33)17-9-7-15(8-10-17)20(28)24-18(11-14-5-3-2-4-6-14)21(29)27-13-16(25-26-23)12-19(27)22(30)31/h7-10,14,16,18-19H,2-6,11-13H2,1H3,(H,24,28)(H,30,31)/t16-,18?,19-/m0/s1. The maximum absolute atomic E-state index is 13.5. The second-order valence-corrected chi connectivity index (χ2v) is 11.0. The number of carboxylic acid groups (broad SMARTS) is 1. The summed E-state index contributed by atoms with van der Waals surface area (Å²) >= 11 is 0. The number of azide groups is 1. The molecule has 2 amide bonds. The summed E-state index contributed by atoms with van der Waals surface area (Å²) in [5, 5.41) is 15.9. The Morgan fingerprint density at radius 3 is 2.41 bits per heavy atom. The van der Waals surface area contributed by atoms with Crippen LogP contribution in [0.3, 0.4) is 0 Å². The maximum Gasteiger partial charge on any atom is 0.326 e. The predicted octanol–water partition coefficient (Wildman–Crippen LogP) is 2.52. The first-order chi connectivity index (χ1) is 16.1.